The highest BCUT2D eigenvalue weighted by atomic mass is 32.1. The number of hydrogen-bond donors (Lipinski definition) is 2. The Hall–Kier alpha value is -1.17. The lowest BCUT2D eigenvalue weighted by molar-refractivity contribution is -0.122. The first-order chi connectivity index (χ1) is 8.18. The van der Waals surface area contributed by atoms with E-state index in [0.717, 1.165) is 9.75 Å². The summed E-state index contributed by atoms with van der Waals surface area (Å²) in [5.74, 6) is -0.128. The largest absolute Gasteiger partial charge is 0.342 e. The van der Waals surface area contributed by atoms with Crippen LogP contribution >= 0.6 is 22.7 Å². The number of nitrogens with two attached hydrogens (primary N) is 1. The van der Waals surface area contributed by atoms with Crippen LogP contribution in [-0.4, -0.2) is 11.9 Å². The Morgan fingerprint density at radius 1 is 1.24 bits per heavy atom. The van der Waals surface area contributed by atoms with Gasteiger partial charge in [0, 0.05) is 9.75 Å². The maximum Gasteiger partial charge on any atom is 0.237 e. The fraction of sp³-hybridized carbons (Fsp3) is 0.250. The van der Waals surface area contributed by atoms with Gasteiger partial charge in [0.05, 0.1) is 12.1 Å². The minimum atomic E-state index is -0.488. The summed E-state index contributed by atoms with van der Waals surface area (Å²) in [5.41, 5.74) is 5.59. The number of nitrogens with one attached hydrogen (secondary N) is 1. The average molecular weight is 266 g/mol. The van der Waals surface area contributed by atoms with Crippen molar-refractivity contribution in [2.75, 3.05) is 0 Å². The van der Waals surface area contributed by atoms with E-state index in [1.165, 1.54) is 0 Å². The molecule has 0 bridgehead atoms. The summed E-state index contributed by atoms with van der Waals surface area (Å²) in [6.07, 6.45) is 0. The van der Waals surface area contributed by atoms with E-state index < -0.39 is 6.04 Å². The second-order valence-corrected chi connectivity index (χ2v) is 5.72. The number of hydrogen-bond acceptors (Lipinski definition) is 4. The van der Waals surface area contributed by atoms with E-state index in [1.807, 2.05) is 35.0 Å². The normalized spacial score (nSPS) is 12.6. The molecule has 3 N–H and O–H groups in total. The van der Waals surface area contributed by atoms with Crippen molar-refractivity contribution in [1.82, 2.24) is 5.32 Å². The summed E-state index contributed by atoms with van der Waals surface area (Å²) < 4.78 is 0. The Balaban J connectivity index is 2.23. The monoisotopic (exact) mass is 266 g/mol. The molecular weight excluding hydrogens is 252 g/mol. The lowest BCUT2D eigenvalue weighted by Gasteiger charge is -2.17. The molecule has 0 aliphatic rings. The van der Waals surface area contributed by atoms with Crippen LogP contribution in [0.4, 0.5) is 0 Å². The minimum Gasteiger partial charge on any atom is -0.342 e. The molecule has 2 aromatic rings. The molecule has 90 valence electrons. The fourth-order valence-electron chi connectivity index (χ4n) is 1.47. The summed E-state index contributed by atoms with van der Waals surface area (Å²) in [7, 11) is 0. The standard InChI is InChI=1S/C12H14N2OS2/c1-8(13)12(15)14-11(9-4-2-6-16-9)10-5-3-7-17-10/h2-8,11H,13H2,1H3,(H,14,15)/t8-/m0/s1. The predicted octanol–water partition coefficient (Wildman–Crippen LogP) is 2.36. The molecule has 0 aliphatic carbocycles. The van der Waals surface area contributed by atoms with Crippen LogP contribution in [0.1, 0.15) is 22.7 Å². The molecule has 2 heterocycles. The van der Waals surface area contributed by atoms with Crippen LogP contribution in [0.5, 0.6) is 0 Å². The smallest absolute Gasteiger partial charge is 0.237 e. The molecule has 17 heavy (non-hydrogen) atoms. The summed E-state index contributed by atoms with van der Waals surface area (Å²) in [4.78, 5) is 14.0. The first-order valence-corrected chi connectivity index (χ1v) is 7.07. The van der Waals surface area contributed by atoms with Crippen LogP contribution in [0.3, 0.4) is 0 Å². The fourth-order valence-corrected chi connectivity index (χ4v) is 3.13. The molecular formula is C12H14N2OS2. The Morgan fingerprint density at radius 3 is 2.12 bits per heavy atom. The SMILES string of the molecule is C[C@H](N)C(=O)NC(c1cccs1)c1cccs1. The quantitative estimate of drug-likeness (QED) is 0.892. The molecule has 0 unspecified atom stereocenters. The van der Waals surface area contributed by atoms with Gasteiger partial charge in [-0.1, -0.05) is 12.1 Å². The van der Waals surface area contributed by atoms with E-state index in [0.29, 0.717) is 0 Å². The van der Waals surface area contributed by atoms with Crippen LogP contribution in [-0.2, 0) is 4.79 Å². The first-order valence-electron chi connectivity index (χ1n) is 5.31. The molecule has 5 heteroatoms. The third-order valence-electron chi connectivity index (χ3n) is 2.36. The van der Waals surface area contributed by atoms with Crippen molar-refractivity contribution in [1.29, 1.82) is 0 Å². The van der Waals surface area contributed by atoms with Crippen molar-refractivity contribution in [3.63, 3.8) is 0 Å². The molecule has 0 saturated heterocycles. The highest BCUT2D eigenvalue weighted by molar-refractivity contribution is 7.11. The van der Waals surface area contributed by atoms with Gasteiger partial charge in [0.15, 0.2) is 0 Å². The van der Waals surface area contributed by atoms with E-state index in [9.17, 15) is 4.79 Å². The van der Waals surface area contributed by atoms with Gasteiger partial charge >= 0.3 is 0 Å². The predicted molar refractivity (Wildman–Crippen MR) is 72.3 cm³/mol. The van der Waals surface area contributed by atoms with Gasteiger partial charge in [0.1, 0.15) is 0 Å². The van der Waals surface area contributed by atoms with Crippen LogP contribution in [0.15, 0.2) is 35.0 Å². The van der Waals surface area contributed by atoms with Gasteiger partial charge in [-0.3, -0.25) is 4.79 Å². The number of rotatable bonds is 4. The molecule has 0 saturated carbocycles. The average Bonchev–Trinajstić information content (AvgIpc) is 2.98. The third kappa shape index (κ3) is 2.94. The second-order valence-electron chi connectivity index (χ2n) is 3.76. The maximum absolute atomic E-state index is 11.7. The molecule has 2 rings (SSSR count). The Labute approximate surface area is 108 Å². The van der Waals surface area contributed by atoms with Crippen LogP contribution < -0.4 is 11.1 Å². The van der Waals surface area contributed by atoms with Crippen molar-refractivity contribution in [2.45, 2.75) is 19.0 Å². The summed E-state index contributed by atoms with van der Waals surface area (Å²) in [6, 6.07) is 7.45. The van der Waals surface area contributed by atoms with Crippen LogP contribution in [0.25, 0.3) is 0 Å². The molecule has 2 aromatic heterocycles. The van der Waals surface area contributed by atoms with Gasteiger partial charge in [-0.15, -0.1) is 22.7 Å². The number of thiophene rings is 2. The third-order valence-corrected chi connectivity index (χ3v) is 4.23. The molecule has 1 amide bonds. The van der Waals surface area contributed by atoms with E-state index in [2.05, 4.69) is 5.32 Å². The van der Waals surface area contributed by atoms with E-state index in [1.54, 1.807) is 29.6 Å². The molecule has 0 radical (unpaired) electrons. The van der Waals surface area contributed by atoms with E-state index in [4.69, 9.17) is 5.73 Å². The summed E-state index contributed by atoms with van der Waals surface area (Å²) in [6.45, 7) is 1.69. The van der Waals surface area contributed by atoms with Gasteiger partial charge in [-0.2, -0.15) is 0 Å². The molecule has 0 aliphatic heterocycles. The van der Waals surface area contributed by atoms with Crippen molar-refractivity contribution in [3.05, 3.63) is 44.8 Å². The van der Waals surface area contributed by atoms with Gasteiger partial charge < -0.3 is 11.1 Å². The zero-order valence-electron chi connectivity index (χ0n) is 9.42. The lowest BCUT2D eigenvalue weighted by Crippen LogP contribution is -2.40. The lowest BCUT2D eigenvalue weighted by atomic mass is 10.2. The molecule has 3 nitrogen and oxygen atoms in total. The van der Waals surface area contributed by atoms with Gasteiger partial charge in [-0.05, 0) is 29.8 Å². The number of carbonyl (C=O) groups excluding carboxylic acids is 1. The molecule has 1 atom stereocenters. The second kappa shape index (κ2) is 5.44. The minimum absolute atomic E-state index is 0.0755. The van der Waals surface area contributed by atoms with E-state index >= 15 is 0 Å². The van der Waals surface area contributed by atoms with E-state index in [-0.39, 0.29) is 11.9 Å². The Bertz CT molecular complexity index is 428. The van der Waals surface area contributed by atoms with Crippen LogP contribution in [0.2, 0.25) is 0 Å². The summed E-state index contributed by atoms with van der Waals surface area (Å²) in [5, 5.41) is 6.99. The van der Waals surface area contributed by atoms with Gasteiger partial charge in [0.2, 0.25) is 5.91 Å². The number of amides is 1. The molecule has 0 spiro atoms. The Morgan fingerprint density at radius 2 is 1.76 bits per heavy atom. The van der Waals surface area contributed by atoms with Crippen molar-refractivity contribution >= 4 is 28.6 Å². The highest BCUT2D eigenvalue weighted by Crippen LogP contribution is 2.29. The Kier molecular flexibility index (Phi) is 3.93. The maximum atomic E-state index is 11.7. The molecule has 0 fully saturated rings. The number of carbonyl (C=O) groups is 1. The highest BCUT2D eigenvalue weighted by Gasteiger charge is 2.20. The first kappa shape index (κ1) is 12.3. The zero-order valence-corrected chi connectivity index (χ0v) is 11.1. The molecule has 0 aromatic carbocycles. The van der Waals surface area contributed by atoms with Crippen molar-refractivity contribution < 1.29 is 4.79 Å². The van der Waals surface area contributed by atoms with Gasteiger partial charge in [0.25, 0.3) is 0 Å². The zero-order chi connectivity index (χ0) is 12.3. The van der Waals surface area contributed by atoms with Gasteiger partial charge in [-0.25, -0.2) is 0 Å². The summed E-state index contributed by atoms with van der Waals surface area (Å²) >= 11 is 3.27. The van der Waals surface area contributed by atoms with Crippen molar-refractivity contribution in [2.24, 2.45) is 5.73 Å². The topological polar surface area (TPSA) is 55.1 Å². The van der Waals surface area contributed by atoms with Crippen molar-refractivity contribution in [3.8, 4) is 0 Å². The van der Waals surface area contributed by atoms with Crippen LogP contribution in [0, 0.1) is 0 Å².